The Kier molecular flexibility index (Phi) is 2.70. The standard InChI is InChI=1S/C11H11N3O3/c1-6-10(11(17)14-12-5-15)8-4-7(16)2-3-9(8)13-6/h2-5,13,16H,1H3,(H,12,15)(H,14,17). The Morgan fingerprint density at radius 1 is 1.47 bits per heavy atom. The molecule has 1 aromatic carbocycles. The number of phenolic OH excluding ortho intramolecular Hbond substituents is 1. The molecule has 6 heteroatoms. The molecule has 0 radical (unpaired) electrons. The molecule has 88 valence electrons. The van der Waals surface area contributed by atoms with Crippen molar-refractivity contribution in [1.82, 2.24) is 15.8 Å². The second-order valence-electron chi connectivity index (χ2n) is 3.57. The van der Waals surface area contributed by atoms with Crippen molar-refractivity contribution in [2.75, 3.05) is 0 Å². The van der Waals surface area contributed by atoms with E-state index in [0.717, 1.165) is 5.52 Å². The van der Waals surface area contributed by atoms with E-state index in [2.05, 4.69) is 15.8 Å². The van der Waals surface area contributed by atoms with Crippen molar-refractivity contribution in [3.05, 3.63) is 29.5 Å². The van der Waals surface area contributed by atoms with E-state index < -0.39 is 5.91 Å². The zero-order valence-corrected chi connectivity index (χ0v) is 9.07. The van der Waals surface area contributed by atoms with Crippen LogP contribution in [0.5, 0.6) is 5.75 Å². The van der Waals surface area contributed by atoms with Crippen LogP contribution in [0.4, 0.5) is 0 Å². The maximum absolute atomic E-state index is 11.8. The van der Waals surface area contributed by atoms with Gasteiger partial charge in [-0.2, -0.15) is 0 Å². The van der Waals surface area contributed by atoms with E-state index in [0.29, 0.717) is 23.1 Å². The fourth-order valence-electron chi connectivity index (χ4n) is 1.76. The number of benzene rings is 1. The fraction of sp³-hybridized carbons (Fsp3) is 0.0909. The summed E-state index contributed by atoms with van der Waals surface area (Å²) in [5, 5.41) is 10.0. The summed E-state index contributed by atoms with van der Waals surface area (Å²) in [7, 11) is 0. The van der Waals surface area contributed by atoms with Gasteiger partial charge < -0.3 is 10.1 Å². The summed E-state index contributed by atoms with van der Waals surface area (Å²) < 4.78 is 0. The number of aromatic hydroxyl groups is 1. The quantitative estimate of drug-likeness (QED) is 0.461. The van der Waals surface area contributed by atoms with E-state index in [1.54, 1.807) is 13.0 Å². The van der Waals surface area contributed by atoms with E-state index >= 15 is 0 Å². The molecule has 0 saturated heterocycles. The highest BCUT2D eigenvalue weighted by molar-refractivity contribution is 6.08. The number of amides is 2. The highest BCUT2D eigenvalue weighted by Gasteiger charge is 2.15. The third-order valence-corrected chi connectivity index (χ3v) is 2.44. The first-order chi connectivity index (χ1) is 8.13. The SMILES string of the molecule is Cc1[nH]c2ccc(O)cc2c1C(=O)NNC=O. The summed E-state index contributed by atoms with van der Waals surface area (Å²) >= 11 is 0. The molecule has 1 aromatic heterocycles. The molecule has 2 rings (SSSR count). The maximum Gasteiger partial charge on any atom is 0.272 e. The number of rotatable bonds is 3. The molecule has 2 aromatic rings. The molecule has 2 amide bonds. The van der Waals surface area contributed by atoms with Crippen molar-refractivity contribution in [2.45, 2.75) is 6.92 Å². The molecule has 1 heterocycles. The van der Waals surface area contributed by atoms with Gasteiger partial charge in [-0.05, 0) is 25.1 Å². The van der Waals surface area contributed by atoms with E-state index in [4.69, 9.17) is 0 Å². The third-order valence-electron chi connectivity index (χ3n) is 2.44. The molecular weight excluding hydrogens is 222 g/mol. The number of hydrazine groups is 1. The van der Waals surface area contributed by atoms with E-state index in [-0.39, 0.29) is 5.75 Å². The first-order valence-electron chi connectivity index (χ1n) is 4.94. The second kappa shape index (κ2) is 4.17. The smallest absolute Gasteiger partial charge is 0.272 e. The molecule has 0 aliphatic rings. The summed E-state index contributed by atoms with van der Waals surface area (Å²) in [5.74, 6) is -0.361. The number of hydrogen-bond donors (Lipinski definition) is 4. The molecule has 17 heavy (non-hydrogen) atoms. The first-order valence-corrected chi connectivity index (χ1v) is 4.94. The Bertz CT molecular complexity index is 589. The Hall–Kier alpha value is -2.50. The van der Waals surface area contributed by atoms with Gasteiger partial charge in [-0.15, -0.1) is 0 Å². The Labute approximate surface area is 96.6 Å². The van der Waals surface area contributed by atoms with Crippen LogP contribution in [-0.4, -0.2) is 22.4 Å². The summed E-state index contributed by atoms with van der Waals surface area (Å²) in [6.07, 6.45) is 0.375. The number of carbonyl (C=O) groups excluding carboxylic acids is 2. The summed E-state index contributed by atoms with van der Waals surface area (Å²) in [6, 6.07) is 4.71. The van der Waals surface area contributed by atoms with Gasteiger partial charge in [0.15, 0.2) is 0 Å². The van der Waals surface area contributed by atoms with Crippen LogP contribution in [-0.2, 0) is 4.79 Å². The van der Waals surface area contributed by atoms with Crippen LogP contribution in [0.1, 0.15) is 16.1 Å². The van der Waals surface area contributed by atoms with Crippen molar-refractivity contribution >= 4 is 23.2 Å². The minimum atomic E-state index is -0.438. The first kappa shape index (κ1) is 11.0. The highest BCUT2D eigenvalue weighted by Crippen LogP contribution is 2.25. The number of aromatic nitrogens is 1. The lowest BCUT2D eigenvalue weighted by molar-refractivity contribution is -0.110. The lowest BCUT2D eigenvalue weighted by Crippen LogP contribution is -2.36. The van der Waals surface area contributed by atoms with E-state index in [1.165, 1.54) is 12.1 Å². The number of hydrogen-bond acceptors (Lipinski definition) is 3. The van der Waals surface area contributed by atoms with E-state index in [9.17, 15) is 14.7 Å². The largest absolute Gasteiger partial charge is 0.508 e. The lowest BCUT2D eigenvalue weighted by Gasteiger charge is -2.02. The fourth-order valence-corrected chi connectivity index (χ4v) is 1.76. The van der Waals surface area contributed by atoms with Gasteiger partial charge in [-0.1, -0.05) is 0 Å². The number of carbonyl (C=O) groups is 2. The number of fused-ring (bicyclic) bond motifs is 1. The van der Waals surface area contributed by atoms with Crippen LogP contribution < -0.4 is 10.9 Å². The minimum Gasteiger partial charge on any atom is -0.508 e. The molecule has 0 spiro atoms. The molecule has 0 unspecified atom stereocenters. The average molecular weight is 233 g/mol. The number of nitrogens with one attached hydrogen (secondary N) is 3. The predicted molar refractivity (Wildman–Crippen MR) is 61.4 cm³/mol. The summed E-state index contributed by atoms with van der Waals surface area (Å²) in [4.78, 5) is 24.9. The van der Waals surface area contributed by atoms with Crippen molar-refractivity contribution in [2.24, 2.45) is 0 Å². The number of phenols is 1. The van der Waals surface area contributed by atoms with Crippen LogP contribution in [0.25, 0.3) is 10.9 Å². The molecule has 6 nitrogen and oxygen atoms in total. The molecule has 0 aliphatic carbocycles. The van der Waals surface area contributed by atoms with Crippen molar-refractivity contribution in [3.63, 3.8) is 0 Å². The normalized spacial score (nSPS) is 10.2. The van der Waals surface area contributed by atoms with Gasteiger partial charge in [-0.25, -0.2) is 0 Å². The molecule has 0 atom stereocenters. The van der Waals surface area contributed by atoms with Crippen LogP contribution in [0.2, 0.25) is 0 Å². The number of H-pyrrole nitrogens is 1. The molecular formula is C11H11N3O3. The van der Waals surface area contributed by atoms with Crippen LogP contribution in [0.15, 0.2) is 18.2 Å². The molecule has 0 saturated carbocycles. The number of aryl methyl sites for hydroxylation is 1. The molecule has 0 fully saturated rings. The van der Waals surface area contributed by atoms with Gasteiger partial charge in [0.05, 0.1) is 5.56 Å². The van der Waals surface area contributed by atoms with Crippen molar-refractivity contribution in [3.8, 4) is 5.75 Å². The van der Waals surface area contributed by atoms with Gasteiger partial charge in [-0.3, -0.25) is 20.4 Å². The van der Waals surface area contributed by atoms with Crippen molar-refractivity contribution < 1.29 is 14.7 Å². The predicted octanol–water partition coefficient (Wildman–Crippen LogP) is 0.573. The maximum atomic E-state index is 11.8. The van der Waals surface area contributed by atoms with Gasteiger partial charge in [0, 0.05) is 16.6 Å². The number of aromatic amines is 1. The zero-order chi connectivity index (χ0) is 12.4. The average Bonchev–Trinajstić information content (AvgIpc) is 2.61. The minimum absolute atomic E-state index is 0.0777. The molecule has 4 N–H and O–H groups in total. The Morgan fingerprint density at radius 3 is 2.94 bits per heavy atom. The Balaban J connectivity index is 2.51. The lowest BCUT2D eigenvalue weighted by atomic mass is 10.1. The van der Waals surface area contributed by atoms with Crippen LogP contribution >= 0.6 is 0 Å². The monoisotopic (exact) mass is 233 g/mol. The summed E-state index contributed by atoms with van der Waals surface area (Å²) in [5.41, 5.74) is 6.12. The van der Waals surface area contributed by atoms with Crippen molar-refractivity contribution in [1.29, 1.82) is 0 Å². The highest BCUT2D eigenvalue weighted by atomic mass is 16.3. The van der Waals surface area contributed by atoms with Gasteiger partial charge >= 0.3 is 0 Å². The second-order valence-corrected chi connectivity index (χ2v) is 3.57. The molecule has 0 aliphatic heterocycles. The van der Waals surface area contributed by atoms with Crippen LogP contribution in [0, 0.1) is 6.92 Å². The summed E-state index contributed by atoms with van der Waals surface area (Å²) in [6.45, 7) is 1.74. The van der Waals surface area contributed by atoms with Gasteiger partial charge in [0.1, 0.15) is 5.75 Å². The van der Waals surface area contributed by atoms with E-state index in [1.807, 2.05) is 0 Å². The third kappa shape index (κ3) is 1.92. The topological polar surface area (TPSA) is 94.2 Å². The van der Waals surface area contributed by atoms with Crippen LogP contribution in [0.3, 0.4) is 0 Å². The Morgan fingerprint density at radius 2 is 2.24 bits per heavy atom. The molecule has 0 bridgehead atoms. The zero-order valence-electron chi connectivity index (χ0n) is 9.07. The van der Waals surface area contributed by atoms with Gasteiger partial charge in [0.25, 0.3) is 5.91 Å². The van der Waals surface area contributed by atoms with Gasteiger partial charge in [0.2, 0.25) is 6.41 Å².